The summed E-state index contributed by atoms with van der Waals surface area (Å²) in [6.07, 6.45) is 1.70. The molecule has 25 heavy (non-hydrogen) atoms. The van der Waals surface area contributed by atoms with Gasteiger partial charge in [-0.1, -0.05) is 30.3 Å². The molecule has 5 heteroatoms. The molecule has 0 spiro atoms. The number of ether oxygens (including phenoxy) is 1. The first kappa shape index (κ1) is 18.7. The van der Waals surface area contributed by atoms with E-state index in [2.05, 4.69) is 11.9 Å². The number of benzene rings is 2. The Balaban J connectivity index is 2.06. The zero-order valence-electron chi connectivity index (χ0n) is 14.6. The van der Waals surface area contributed by atoms with Gasteiger partial charge in [0.25, 0.3) is 0 Å². The van der Waals surface area contributed by atoms with Crippen LogP contribution in [0.3, 0.4) is 0 Å². The number of carbonyl (C=O) groups excluding carboxylic acids is 1. The lowest BCUT2D eigenvalue weighted by molar-refractivity contribution is -0.117. The van der Waals surface area contributed by atoms with Gasteiger partial charge in [0, 0.05) is 18.7 Å². The van der Waals surface area contributed by atoms with Crippen LogP contribution in [0.2, 0.25) is 0 Å². The van der Waals surface area contributed by atoms with Gasteiger partial charge < -0.3 is 10.1 Å². The number of carbonyl (C=O) groups is 1. The lowest BCUT2D eigenvalue weighted by Crippen LogP contribution is -2.33. The van der Waals surface area contributed by atoms with Crippen molar-refractivity contribution >= 4 is 11.6 Å². The highest BCUT2D eigenvalue weighted by molar-refractivity contribution is 5.93. The monoisotopic (exact) mass is 342 g/mol. The van der Waals surface area contributed by atoms with E-state index in [4.69, 9.17) is 4.74 Å². The van der Waals surface area contributed by atoms with Crippen molar-refractivity contribution in [1.29, 1.82) is 0 Å². The fourth-order valence-electron chi connectivity index (χ4n) is 2.55. The fourth-order valence-corrected chi connectivity index (χ4v) is 2.55. The number of anilines is 1. The molecule has 2 rings (SSSR count). The Kier molecular flexibility index (Phi) is 6.71. The topological polar surface area (TPSA) is 41.6 Å². The quantitative estimate of drug-likeness (QED) is 0.743. The minimum atomic E-state index is -0.280. The molecule has 1 amide bonds. The lowest BCUT2D eigenvalue weighted by Gasteiger charge is -2.21. The smallest absolute Gasteiger partial charge is 0.238 e. The lowest BCUT2D eigenvalue weighted by atomic mass is 10.2. The molecule has 132 valence electrons. The third-order valence-corrected chi connectivity index (χ3v) is 3.74. The number of halogens is 1. The second-order valence-corrected chi connectivity index (χ2v) is 5.80. The highest BCUT2D eigenvalue weighted by atomic mass is 19.1. The summed E-state index contributed by atoms with van der Waals surface area (Å²) in [7, 11) is 1.56. The Morgan fingerprint density at radius 3 is 2.76 bits per heavy atom. The molecule has 1 N–H and O–H groups in total. The van der Waals surface area contributed by atoms with Gasteiger partial charge in [-0.05, 0) is 30.7 Å². The van der Waals surface area contributed by atoms with Gasteiger partial charge >= 0.3 is 0 Å². The maximum absolute atomic E-state index is 13.8. The van der Waals surface area contributed by atoms with Crippen LogP contribution in [0.4, 0.5) is 10.1 Å². The van der Waals surface area contributed by atoms with E-state index in [1.807, 2.05) is 30.0 Å². The van der Waals surface area contributed by atoms with E-state index in [0.717, 1.165) is 5.56 Å². The van der Waals surface area contributed by atoms with Crippen LogP contribution in [0.25, 0.3) is 0 Å². The van der Waals surface area contributed by atoms with E-state index >= 15 is 0 Å². The van der Waals surface area contributed by atoms with Crippen LogP contribution in [0.15, 0.2) is 55.1 Å². The number of aryl methyl sites for hydroxylation is 1. The van der Waals surface area contributed by atoms with Crippen molar-refractivity contribution in [2.75, 3.05) is 25.5 Å². The molecular weight excluding hydrogens is 319 g/mol. The van der Waals surface area contributed by atoms with Crippen molar-refractivity contribution in [2.45, 2.75) is 13.5 Å². The zero-order valence-corrected chi connectivity index (χ0v) is 14.6. The van der Waals surface area contributed by atoms with E-state index in [1.54, 1.807) is 31.4 Å². The SMILES string of the molecule is C=CCN(CC(=O)Nc1cc(C)ccc1OC)Cc1ccccc1F. The summed E-state index contributed by atoms with van der Waals surface area (Å²) in [6.45, 7) is 6.58. The summed E-state index contributed by atoms with van der Waals surface area (Å²) in [4.78, 5) is 14.2. The number of nitrogens with one attached hydrogen (secondary N) is 1. The first-order chi connectivity index (χ1) is 12.0. The van der Waals surface area contributed by atoms with Gasteiger partial charge in [-0.15, -0.1) is 6.58 Å². The third-order valence-electron chi connectivity index (χ3n) is 3.74. The summed E-state index contributed by atoms with van der Waals surface area (Å²) in [5.41, 5.74) is 2.19. The summed E-state index contributed by atoms with van der Waals surface area (Å²) < 4.78 is 19.1. The third kappa shape index (κ3) is 5.43. The summed E-state index contributed by atoms with van der Waals surface area (Å²) in [5.74, 6) is 0.128. The van der Waals surface area contributed by atoms with Crippen LogP contribution in [0.5, 0.6) is 5.75 Å². The summed E-state index contributed by atoms with van der Waals surface area (Å²) in [5, 5.41) is 2.86. The Morgan fingerprint density at radius 2 is 2.08 bits per heavy atom. The minimum absolute atomic E-state index is 0.122. The molecule has 0 heterocycles. The van der Waals surface area contributed by atoms with E-state index in [0.29, 0.717) is 30.1 Å². The highest BCUT2D eigenvalue weighted by Crippen LogP contribution is 2.25. The first-order valence-electron chi connectivity index (χ1n) is 8.04. The predicted octanol–water partition coefficient (Wildman–Crippen LogP) is 3.77. The zero-order chi connectivity index (χ0) is 18.2. The van der Waals surface area contributed by atoms with Gasteiger partial charge in [0.15, 0.2) is 0 Å². The number of hydrogen-bond acceptors (Lipinski definition) is 3. The average molecular weight is 342 g/mol. The molecule has 0 aliphatic heterocycles. The van der Waals surface area contributed by atoms with Crippen LogP contribution < -0.4 is 10.1 Å². The van der Waals surface area contributed by atoms with E-state index in [1.165, 1.54) is 6.07 Å². The highest BCUT2D eigenvalue weighted by Gasteiger charge is 2.14. The number of nitrogens with zero attached hydrogens (tertiary/aromatic N) is 1. The van der Waals surface area contributed by atoms with Gasteiger partial charge in [-0.25, -0.2) is 4.39 Å². The predicted molar refractivity (Wildman–Crippen MR) is 98.2 cm³/mol. The number of rotatable bonds is 8. The molecule has 0 fully saturated rings. The standard InChI is InChI=1S/C20H23FN2O2/c1-4-11-23(13-16-7-5-6-8-17(16)21)14-20(24)22-18-12-15(2)9-10-19(18)25-3/h4-10,12H,1,11,13-14H2,2-3H3,(H,22,24). The van der Waals surface area contributed by atoms with Crippen molar-refractivity contribution in [3.63, 3.8) is 0 Å². The van der Waals surface area contributed by atoms with Crippen LogP contribution in [0, 0.1) is 12.7 Å². The molecular formula is C20H23FN2O2. The van der Waals surface area contributed by atoms with E-state index < -0.39 is 0 Å². The van der Waals surface area contributed by atoms with Crippen LogP contribution >= 0.6 is 0 Å². The van der Waals surface area contributed by atoms with Crippen molar-refractivity contribution in [2.24, 2.45) is 0 Å². The molecule has 0 unspecified atom stereocenters. The number of methoxy groups -OCH3 is 1. The van der Waals surface area contributed by atoms with Crippen LogP contribution in [0.1, 0.15) is 11.1 Å². The normalized spacial score (nSPS) is 10.6. The van der Waals surface area contributed by atoms with Crippen molar-refractivity contribution in [3.05, 3.63) is 72.1 Å². The Bertz CT molecular complexity index is 746. The maximum atomic E-state index is 13.8. The summed E-state index contributed by atoms with van der Waals surface area (Å²) >= 11 is 0. The Labute approximate surface area is 147 Å². The van der Waals surface area contributed by atoms with Crippen molar-refractivity contribution in [3.8, 4) is 5.75 Å². The molecule has 0 aromatic heterocycles. The van der Waals surface area contributed by atoms with Crippen LogP contribution in [-0.4, -0.2) is 31.0 Å². The molecule has 0 saturated carbocycles. The van der Waals surface area contributed by atoms with Crippen LogP contribution in [-0.2, 0) is 11.3 Å². The largest absolute Gasteiger partial charge is 0.495 e. The molecule has 0 aliphatic carbocycles. The van der Waals surface area contributed by atoms with Gasteiger partial charge in [0.1, 0.15) is 11.6 Å². The molecule has 2 aromatic rings. The van der Waals surface area contributed by atoms with Gasteiger partial charge in [0.05, 0.1) is 19.3 Å². The van der Waals surface area contributed by atoms with Gasteiger partial charge in [-0.3, -0.25) is 9.69 Å². The number of amides is 1. The summed E-state index contributed by atoms with van der Waals surface area (Å²) in [6, 6.07) is 12.1. The molecule has 4 nitrogen and oxygen atoms in total. The molecule has 0 saturated heterocycles. The van der Waals surface area contributed by atoms with Gasteiger partial charge in [-0.2, -0.15) is 0 Å². The fraction of sp³-hybridized carbons (Fsp3) is 0.250. The molecule has 0 bridgehead atoms. The average Bonchev–Trinajstić information content (AvgIpc) is 2.57. The minimum Gasteiger partial charge on any atom is -0.495 e. The van der Waals surface area contributed by atoms with Gasteiger partial charge in [0.2, 0.25) is 5.91 Å². The Morgan fingerprint density at radius 1 is 1.32 bits per heavy atom. The number of hydrogen-bond donors (Lipinski definition) is 1. The van der Waals surface area contributed by atoms with Crippen molar-refractivity contribution in [1.82, 2.24) is 4.90 Å². The maximum Gasteiger partial charge on any atom is 0.238 e. The first-order valence-corrected chi connectivity index (χ1v) is 8.04. The second kappa shape index (κ2) is 8.99. The molecule has 0 atom stereocenters. The molecule has 0 aliphatic rings. The van der Waals surface area contributed by atoms with Crippen molar-refractivity contribution < 1.29 is 13.9 Å². The molecule has 2 aromatic carbocycles. The van der Waals surface area contributed by atoms with E-state index in [9.17, 15) is 9.18 Å². The molecule has 0 radical (unpaired) electrons. The van der Waals surface area contributed by atoms with E-state index in [-0.39, 0.29) is 18.3 Å². The second-order valence-electron chi connectivity index (χ2n) is 5.80. The Hall–Kier alpha value is -2.66.